The van der Waals surface area contributed by atoms with Crippen LogP contribution in [0.1, 0.15) is 43.6 Å². The number of piperidine rings is 1. The maximum atomic E-state index is 13.4. The molecule has 2 aromatic rings. The molecule has 4 heterocycles. The van der Waals surface area contributed by atoms with Gasteiger partial charge in [-0.25, -0.2) is 4.98 Å². The highest BCUT2D eigenvalue weighted by atomic mass is 32.1. The largest absolute Gasteiger partial charge is 0.368 e. The number of nitrogens with one attached hydrogen (secondary N) is 1. The third-order valence-electron chi connectivity index (χ3n) is 5.58. The lowest BCUT2D eigenvalue weighted by Gasteiger charge is -2.37. The maximum absolute atomic E-state index is 13.4. The molecule has 2 aliphatic rings. The highest BCUT2D eigenvalue weighted by Crippen LogP contribution is 2.28. The van der Waals surface area contributed by atoms with Crippen LogP contribution in [0.5, 0.6) is 0 Å². The lowest BCUT2D eigenvalue weighted by molar-refractivity contribution is -0.142. The zero-order chi connectivity index (χ0) is 22.0. The Labute approximate surface area is 185 Å². The molecule has 2 amide bonds. The highest BCUT2D eigenvalue weighted by Gasteiger charge is 2.45. The Hall–Kier alpha value is -2.65. The standard InChI is InChI=1S/C22H26N4O4S/c1-13(2)9-15(22(29)26-8-4-6-18-19(26)17(27)11-30-18)24-20(28)16-12-31-21(25-16)14-5-3-7-23-10-14/h3,5,7,10,12-13,15,18-19H,4,6,8-9,11H2,1-2H3,(H,24,28). The number of ketones is 1. The van der Waals surface area contributed by atoms with Crippen molar-refractivity contribution in [2.24, 2.45) is 5.92 Å². The minimum atomic E-state index is -0.719. The van der Waals surface area contributed by atoms with E-state index in [9.17, 15) is 14.4 Å². The van der Waals surface area contributed by atoms with Crippen LogP contribution in [0, 0.1) is 5.92 Å². The molecule has 0 radical (unpaired) electrons. The van der Waals surface area contributed by atoms with Crippen molar-refractivity contribution in [3.63, 3.8) is 0 Å². The van der Waals surface area contributed by atoms with E-state index in [1.807, 2.05) is 26.0 Å². The summed E-state index contributed by atoms with van der Waals surface area (Å²) in [5.41, 5.74) is 1.10. The molecule has 3 unspecified atom stereocenters. The van der Waals surface area contributed by atoms with Crippen molar-refractivity contribution in [3.05, 3.63) is 35.6 Å². The van der Waals surface area contributed by atoms with Crippen molar-refractivity contribution in [1.82, 2.24) is 20.2 Å². The third-order valence-corrected chi connectivity index (χ3v) is 6.48. The van der Waals surface area contributed by atoms with Crippen LogP contribution in [-0.4, -0.2) is 63.8 Å². The van der Waals surface area contributed by atoms with Gasteiger partial charge in [-0.2, -0.15) is 0 Å². The first kappa shape index (κ1) is 21.6. The molecule has 8 nitrogen and oxygen atoms in total. The predicted molar refractivity (Wildman–Crippen MR) is 116 cm³/mol. The summed E-state index contributed by atoms with van der Waals surface area (Å²) in [5.74, 6) is -0.494. The Morgan fingerprint density at radius 1 is 1.39 bits per heavy atom. The van der Waals surface area contributed by atoms with Crippen LogP contribution in [0.3, 0.4) is 0 Å². The van der Waals surface area contributed by atoms with E-state index in [0.29, 0.717) is 18.0 Å². The topological polar surface area (TPSA) is 101 Å². The van der Waals surface area contributed by atoms with Crippen molar-refractivity contribution in [1.29, 1.82) is 0 Å². The molecule has 0 bridgehead atoms. The molecule has 0 aliphatic carbocycles. The Morgan fingerprint density at radius 2 is 2.23 bits per heavy atom. The van der Waals surface area contributed by atoms with Crippen molar-refractivity contribution >= 4 is 28.9 Å². The SMILES string of the molecule is CC(C)CC(NC(=O)c1csc(-c2cccnc2)n1)C(=O)N1CCCC2OCC(=O)C21. The molecule has 2 aliphatic heterocycles. The number of Topliss-reactive ketones (excluding diaryl/α,β-unsaturated/α-hetero) is 1. The number of thiazole rings is 1. The summed E-state index contributed by atoms with van der Waals surface area (Å²) >= 11 is 1.35. The first-order valence-corrected chi connectivity index (χ1v) is 11.4. The lowest BCUT2D eigenvalue weighted by Crippen LogP contribution is -2.58. The summed E-state index contributed by atoms with van der Waals surface area (Å²) in [6, 6.07) is 2.44. The number of carbonyl (C=O) groups is 3. The van der Waals surface area contributed by atoms with E-state index in [1.54, 1.807) is 22.7 Å². The van der Waals surface area contributed by atoms with Crippen LogP contribution < -0.4 is 5.32 Å². The van der Waals surface area contributed by atoms with Gasteiger partial charge in [0.1, 0.15) is 29.4 Å². The van der Waals surface area contributed by atoms with E-state index in [4.69, 9.17) is 4.74 Å². The fourth-order valence-electron chi connectivity index (χ4n) is 4.16. The van der Waals surface area contributed by atoms with E-state index in [1.165, 1.54) is 11.3 Å². The number of nitrogens with zero attached hydrogens (tertiary/aromatic N) is 3. The number of hydrogen-bond acceptors (Lipinski definition) is 7. The summed E-state index contributed by atoms with van der Waals surface area (Å²) in [4.78, 5) is 48.7. The number of likely N-dealkylation sites (tertiary alicyclic amines) is 1. The number of pyridine rings is 1. The zero-order valence-electron chi connectivity index (χ0n) is 17.6. The third kappa shape index (κ3) is 4.67. The van der Waals surface area contributed by atoms with E-state index >= 15 is 0 Å². The molecule has 2 saturated heterocycles. The fraction of sp³-hybridized carbons (Fsp3) is 0.500. The van der Waals surface area contributed by atoms with E-state index in [2.05, 4.69) is 15.3 Å². The van der Waals surface area contributed by atoms with E-state index in [0.717, 1.165) is 18.4 Å². The van der Waals surface area contributed by atoms with Crippen LogP contribution in [0.25, 0.3) is 10.6 Å². The number of fused-ring (bicyclic) bond motifs is 1. The van der Waals surface area contributed by atoms with Crippen molar-refractivity contribution in [2.75, 3.05) is 13.2 Å². The summed E-state index contributed by atoms with van der Waals surface area (Å²) in [5, 5.41) is 5.24. The van der Waals surface area contributed by atoms with Gasteiger partial charge in [-0.05, 0) is 37.3 Å². The van der Waals surface area contributed by atoms with Crippen LogP contribution in [0.4, 0.5) is 0 Å². The van der Waals surface area contributed by atoms with Crippen molar-refractivity contribution in [3.8, 4) is 10.6 Å². The molecule has 0 saturated carbocycles. The zero-order valence-corrected chi connectivity index (χ0v) is 18.4. The van der Waals surface area contributed by atoms with Crippen LogP contribution in [-0.2, 0) is 14.3 Å². The Kier molecular flexibility index (Phi) is 6.43. The summed E-state index contributed by atoms with van der Waals surface area (Å²) in [6.45, 7) is 4.55. The molecule has 31 heavy (non-hydrogen) atoms. The number of amides is 2. The molecular formula is C22H26N4O4S. The first-order chi connectivity index (χ1) is 14.9. The molecule has 1 N–H and O–H groups in total. The molecular weight excluding hydrogens is 416 g/mol. The highest BCUT2D eigenvalue weighted by molar-refractivity contribution is 7.13. The number of rotatable bonds is 6. The van der Waals surface area contributed by atoms with Gasteiger partial charge in [0.2, 0.25) is 5.91 Å². The molecule has 9 heteroatoms. The average Bonchev–Trinajstić information content (AvgIpc) is 3.41. The molecule has 3 atom stereocenters. The van der Waals surface area contributed by atoms with Gasteiger partial charge in [0.15, 0.2) is 5.78 Å². The molecule has 164 valence electrons. The number of carbonyl (C=O) groups excluding carboxylic acids is 3. The predicted octanol–water partition coefficient (Wildman–Crippen LogP) is 2.31. The fourth-order valence-corrected chi connectivity index (χ4v) is 4.95. The molecule has 2 aromatic heterocycles. The Bertz CT molecular complexity index is 961. The van der Waals surface area contributed by atoms with Gasteiger partial charge in [-0.1, -0.05) is 13.8 Å². The number of aromatic nitrogens is 2. The van der Waals surface area contributed by atoms with Crippen molar-refractivity contribution in [2.45, 2.75) is 51.3 Å². The van der Waals surface area contributed by atoms with Crippen LogP contribution >= 0.6 is 11.3 Å². The minimum Gasteiger partial charge on any atom is -0.368 e. The quantitative estimate of drug-likeness (QED) is 0.737. The number of hydrogen-bond donors (Lipinski definition) is 1. The van der Waals surface area contributed by atoms with Crippen LogP contribution in [0.2, 0.25) is 0 Å². The van der Waals surface area contributed by atoms with Gasteiger partial charge in [0.25, 0.3) is 5.91 Å². The van der Waals surface area contributed by atoms with E-state index < -0.39 is 18.0 Å². The minimum absolute atomic E-state index is 0.0518. The van der Waals surface area contributed by atoms with Gasteiger partial charge in [-0.3, -0.25) is 19.4 Å². The monoisotopic (exact) mass is 442 g/mol. The van der Waals surface area contributed by atoms with Gasteiger partial charge in [0, 0.05) is 29.9 Å². The van der Waals surface area contributed by atoms with Gasteiger partial charge < -0.3 is 15.0 Å². The first-order valence-electron chi connectivity index (χ1n) is 10.6. The second-order valence-corrected chi connectivity index (χ2v) is 9.23. The lowest BCUT2D eigenvalue weighted by atomic mass is 9.95. The Morgan fingerprint density at radius 3 is 2.97 bits per heavy atom. The Balaban J connectivity index is 1.50. The van der Waals surface area contributed by atoms with Gasteiger partial charge in [-0.15, -0.1) is 11.3 Å². The van der Waals surface area contributed by atoms with Crippen LogP contribution in [0.15, 0.2) is 29.9 Å². The molecule has 4 rings (SSSR count). The summed E-state index contributed by atoms with van der Waals surface area (Å²) in [6.07, 6.45) is 5.17. The normalized spacial score (nSPS) is 21.8. The van der Waals surface area contributed by atoms with E-state index in [-0.39, 0.29) is 36.0 Å². The maximum Gasteiger partial charge on any atom is 0.271 e. The second-order valence-electron chi connectivity index (χ2n) is 8.37. The smallest absolute Gasteiger partial charge is 0.271 e. The van der Waals surface area contributed by atoms with Gasteiger partial charge in [0.05, 0.1) is 6.10 Å². The van der Waals surface area contributed by atoms with Gasteiger partial charge >= 0.3 is 0 Å². The second kappa shape index (κ2) is 9.23. The molecule has 2 fully saturated rings. The average molecular weight is 443 g/mol. The van der Waals surface area contributed by atoms with Crippen molar-refractivity contribution < 1.29 is 19.1 Å². The summed E-state index contributed by atoms with van der Waals surface area (Å²) < 4.78 is 5.56. The summed E-state index contributed by atoms with van der Waals surface area (Å²) in [7, 11) is 0. The molecule has 0 spiro atoms. The molecule has 0 aromatic carbocycles. The number of ether oxygens (including phenoxy) is 1.